The van der Waals surface area contributed by atoms with Crippen LogP contribution in [0.3, 0.4) is 0 Å². The van der Waals surface area contributed by atoms with Gasteiger partial charge in [0.1, 0.15) is 5.83 Å². The van der Waals surface area contributed by atoms with E-state index in [1.807, 2.05) is 36.4 Å². The molecule has 0 heterocycles. The molecule has 0 radical (unpaired) electrons. The summed E-state index contributed by atoms with van der Waals surface area (Å²) in [7, 11) is 0. The van der Waals surface area contributed by atoms with Crippen molar-refractivity contribution in [3.8, 4) is 11.8 Å². The average molecular weight is 292 g/mol. The lowest BCUT2D eigenvalue weighted by atomic mass is 10.1. The van der Waals surface area contributed by atoms with Gasteiger partial charge in [-0.2, -0.15) is 0 Å². The summed E-state index contributed by atoms with van der Waals surface area (Å²) in [6, 6.07) is 15.8. The Morgan fingerprint density at radius 2 is 1.50 bits per heavy atom. The highest BCUT2D eigenvalue weighted by Crippen LogP contribution is 2.14. The van der Waals surface area contributed by atoms with E-state index in [2.05, 4.69) is 37.8 Å². The maximum atomic E-state index is 13.6. The molecule has 0 N–H and O–H groups in total. The van der Waals surface area contributed by atoms with Gasteiger partial charge in [0, 0.05) is 11.1 Å². The molecule has 2 aromatic carbocycles. The van der Waals surface area contributed by atoms with Gasteiger partial charge in [0.05, 0.1) is 0 Å². The van der Waals surface area contributed by atoms with Gasteiger partial charge in [-0.25, -0.2) is 4.39 Å². The maximum Gasteiger partial charge on any atom is 0.101 e. The number of benzene rings is 2. The monoisotopic (exact) mass is 292 g/mol. The highest BCUT2D eigenvalue weighted by atomic mass is 19.1. The van der Waals surface area contributed by atoms with Crippen molar-refractivity contribution in [1.82, 2.24) is 0 Å². The lowest BCUT2D eigenvalue weighted by molar-refractivity contribution is 0.577. The number of unbranched alkanes of at least 4 members (excludes halogenated alkanes) is 1. The SMILES string of the molecule is CCCCC(F)=Cc1ccc(C#Cc2ccc(C)cc2)cc1. The van der Waals surface area contributed by atoms with Crippen LogP contribution in [0.5, 0.6) is 0 Å². The molecule has 0 aromatic heterocycles. The van der Waals surface area contributed by atoms with Gasteiger partial charge < -0.3 is 0 Å². The minimum Gasteiger partial charge on any atom is -0.212 e. The van der Waals surface area contributed by atoms with Crippen molar-refractivity contribution in [1.29, 1.82) is 0 Å². The Morgan fingerprint density at radius 1 is 0.955 bits per heavy atom. The fourth-order valence-electron chi connectivity index (χ4n) is 2.04. The molecule has 1 heteroatoms. The molecule has 0 bridgehead atoms. The molecule has 0 spiro atoms. The fourth-order valence-corrected chi connectivity index (χ4v) is 2.04. The first-order chi connectivity index (χ1) is 10.7. The third-order valence-electron chi connectivity index (χ3n) is 3.41. The third-order valence-corrected chi connectivity index (χ3v) is 3.41. The van der Waals surface area contributed by atoms with Crippen LogP contribution >= 0.6 is 0 Å². The molecule has 2 rings (SSSR count). The molecule has 0 unspecified atom stereocenters. The molecule has 22 heavy (non-hydrogen) atoms. The van der Waals surface area contributed by atoms with Crippen molar-refractivity contribution in [2.24, 2.45) is 0 Å². The predicted molar refractivity (Wildman–Crippen MR) is 92.2 cm³/mol. The average Bonchev–Trinajstić information content (AvgIpc) is 2.54. The van der Waals surface area contributed by atoms with Gasteiger partial charge >= 0.3 is 0 Å². The first kappa shape index (κ1) is 16.0. The molecule has 0 saturated heterocycles. The summed E-state index contributed by atoms with van der Waals surface area (Å²) in [6.07, 6.45) is 4.02. The minimum absolute atomic E-state index is 0.0552. The van der Waals surface area contributed by atoms with Crippen LogP contribution < -0.4 is 0 Å². The van der Waals surface area contributed by atoms with Gasteiger partial charge in [-0.1, -0.05) is 55.0 Å². The number of hydrogen-bond donors (Lipinski definition) is 0. The van der Waals surface area contributed by atoms with Gasteiger partial charge in [-0.3, -0.25) is 0 Å². The van der Waals surface area contributed by atoms with Crippen molar-refractivity contribution in [3.05, 3.63) is 76.6 Å². The van der Waals surface area contributed by atoms with Gasteiger partial charge in [0.25, 0.3) is 0 Å². The fraction of sp³-hybridized carbons (Fsp3) is 0.238. The van der Waals surface area contributed by atoms with Crippen LogP contribution in [-0.4, -0.2) is 0 Å². The second-order valence-electron chi connectivity index (χ2n) is 5.43. The van der Waals surface area contributed by atoms with E-state index in [1.165, 1.54) is 5.56 Å². The van der Waals surface area contributed by atoms with Crippen molar-refractivity contribution in [2.45, 2.75) is 33.1 Å². The number of rotatable bonds is 4. The topological polar surface area (TPSA) is 0 Å². The third kappa shape index (κ3) is 5.22. The van der Waals surface area contributed by atoms with Crippen LogP contribution in [0.4, 0.5) is 4.39 Å². The molecule has 0 aliphatic carbocycles. The molecule has 0 aliphatic heterocycles. The number of halogens is 1. The van der Waals surface area contributed by atoms with E-state index in [0.717, 1.165) is 29.5 Å². The van der Waals surface area contributed by atoms with Crippen LogP contribution in [0.25, 0.3) is 6.08 Å². The summed E-state index contributed by atoms with van der Waals surface area (Å²) in [6.45, 7) is 4.12. The van der Waals surface area contributed by atoms with Crippen molar-refractivity contribution in [3.63, 3.8) is 0 Å². The standard InChI is InChI=1S/C21H21F/c1-3-4-5-21(22)16-20-14-12-19(13-15-20)11-10-18-8-6-17(2)7-9-18/h6-9,12-16H,3-5H2,1-2H3. The molecule has 2 aromatic rings. The van der Waals surface area contributed by atoms with E-state index in [9.17, 15) is 4.39 Å². The molecular formula is C21H21F. The van der Waals surface area contributed by atoms with Crippen molar-refractivity contribution in [2.75, 3.05) is 0 Å². The van der Waals surface area contributed by atoms with Gasteiger partial charge in [0.15, 0.2) is 0 Å². The second kappa shape index (κ2) is 8.20. The Bertz CT molecular complexity index is 679. The van der Waals surface area contributed by atoms with Crippen LogP contribution in [0.15, 0.2) is 54.4 Å². The summed E-state index contributed by atoms with van der Waals surface area (Å²) in [4.78, 5) is 0. The zero-order chi connectivity index (χ0) is 15.8. The smallest absolute Gasteiger partial charge is 0.101 e. The van der Waals surface area contributed by atoms with E-state index < -0.39 is 0 Å². The molecule has 0 fully saturated rings. The van der Waals surface area contributed by atoms with Gasteiger partial charge in [-0.15, -0.1) is 0 Å². The van der Waals surface area contributed by atoms with Crippen LogP contribution in [0, 0.1) is 18.8 Å². The molecule has 0 atom stereocenters. The maximum absolute atomic E-state index is 13.6. The van der Waals surface area contributed by atoms with Crippen LogP contribution in [0.1, 0.15) is 48.4 Å². The van der Waals surface area contributed by atoms with E-state index in [4.69, 9.17) is 0 Å². The second-order valence-corrected chi connectivity index (χ2v) is 5.43. The lowest BCUT2D eigenvalue weighted by Gasteiger charge is -1.98. The Balaban J connectivity index is 2.05. The first-order valence-corrected chi connectivity index (χ1v) is 7.72. The summed E-state index contributed by atoms with van der Waals surface area (Å²) >= 11 is 0. The Hall–Kier alpha value is -2.33. The van der Waals surface area contributed by atoms with Crippen molar-refractivity contribution < 1.29 is 4.39 Å². The number of allylic oxidation sites excluding steroid dienone is 1. The summed E-state index contributed by atoms with van der Waals surface area (Å²) in [5.74, 6) is 6.21. The quantitative estimate of drug-likeness (QED) is 0.616. The molecule has 0 nitrogen and oxygen atoms in total. The Kier molecular flexibility index (Phi) is 5.98. The zero-order valence-corrected chi connectivity index (χ0v) is 13.2. The van der Waals surface area contributed by atoms with Gasteiger partial charge in [0.2, 0.25) is 0 Å². The highest BCUT2D eigenvalue weighted by Gasteiger charge is 1.96. The number of aryl methyl sites for hydroxylation is 1. The number of hydrogen-bond acceptors (Lipinski definition) is 0. The first-order valence-electron chi connectivity index (χ1n) is 7.72. The molecule has 112 valence electrons. The molecule has 0 saturated carbocycles. The Labute approximate surface area is 132 Å². The summed E-state index contributed by atoms with van der Waals surface area (Å²) < 4.78 is 13.6. The summed E-state index contributed by atoms with van der Waals surface area (Å²) in [5.41, 5.74) is 4.05. The summed E-state index contributed by atoms with van der Waals surface area (Å²) in [5, 5.41) is 0. The normalized spacial score (nSPS) is 11.0. The largest absolute Gasteiger partial charge is 0.212 e. The van der Waals surface area contributed by atoms with E-state index >= 15 is 0 Å². The van der Waals surface area contributed by atoms with E-state index in [-0.39, 0.29) is 5.83 Å². The highest BCUT2D eigenvalue weighted by molar-refractivity contribution is 5.53. The molecule has 0 amide bonds. The van der Waals surface area contributed by atoms with E-state index in [0.29, 0.717) is 6.42 Å². The predicted octanol–water partition coefficient (Wildman–Crippen LogP) is 5.90. The zero-order valence-electron chi connectivity index (χ0n) is 13.2. The van der Waals surface area contributed by atoms with Crippen molar-refractivity contribution >= 4 is 6.08 Å². The molecule has 0 aliphatic rings. The minimum atomic E-state index is -0.0552. The van der Waals surface area contributed by atoms with Gasteiger partial charge in [-0.05, 0) is 55.7 Å². The van der Waals surface area contributed by atoms with E-state index in [1.54, 1.807) is 6.08 Å². The lowest BCUT2D eigenvalue weighted by Crippen LogP contribution is -1.80. The molecular weight excluding hydrogens is 271 g/mol. The van der Waals surface area contributed by atoms with Crippen LogP contribution in [-0.2, 0) is 0 Å². The van der Waals surface area contributed by atoms with Crippen LogP contribution in [0.2, 0.25) is 0 Å². The Morgan fingerprint density at radius 3 is 2.05 bits per heavy atom.